The number of carbonyl (C=O) groups is 2. The first-order valence-corrected chi connectivity index (χ1v) is 8.78. The zero-order valence-corrected chi connectivity index (χ0v) is 15.4. The van der Waals surface area contributed by atoms with Gasteiger partial charge in [-0.1, -0.05) is 29.3 Å². The normalized spacial score (nSPS) is 16.7. The number of nitrogens with zero attached hydrogens (tertiary/aromatic N) is 1. The minimum absolute atomic E-state index is 0.0125. The molecule has 0 saturated carbocycles. The van der Waals surface area contributed by atoms with Gasteiger partial charge in [0.25, 0.3) is 11.8 Å². The maximum Gasteiger partial charge on any atom is 0.270 e. The second-order valence-electron chi connectivity index (χ2n) is 4.98. The highest BCUT2D eigenvalue weighted by Gasteiger charge is 2.35. The maximum absolute atomic E-state index is 12.8. The molecule has 1 saturated heterocycles. The van der Waals surface area contributed by atoms with E-state index in [1.165, 1.54) is 16.2 Å². The largest absolute Gasteiger partial charge is 0.298 e. The van der Waals surface area contributed by atoms with Crippen LogP contribution in [0.4, 0.5) is 5.69 Å². The summed E-state index contributed by atoms with van der Waals surface area (Å²) in [6.45, 7) is 1.95. The fourth-order valence-corrected chi connectivity index (χ4v) is 3.69. The number of aryl methyl sites for hydroxylation is 1. The van der Waals surface area contributed by atoms with Crippen LogP contribution in [0.1, 0.15) is 9.75 Å². The molecule has 0 unspecified atom stereocenters. The lowest BCUT2D eigenvalue weighted by Crippen LogP contribution is -2.54. The molecule has 1 aliphatic heterocycles. The van der Waals surface area contributed by atoms with E-state index in [1.807, 2.05) is 19.1 Å². The van der Waals surface area contributed by atoms with Crippen LogP contribution in [0, 0.1) is 6.92 Å². The average molecular weight is 397 g/mol. The summed E-state index contributed by atoms with van der Waals surface area (Å²) in [5, 5.41) is 2.97. The molecule has 122 valence electrons. The Hall–Kier alpha value is -1.73. The molecular weight excluding hydrogens is 387 g/mol. The minimum Gasteiger partial charge on any atom is -0.298 e. The zero-order valence-electron chi connectivity index (χ0n) is 12.3. The third-order valence-electron chi connectivity index (χ3n) is 3.32. The maximum atomic E-state index is 12.8. The number of anilines is 1. The Labute approximate surface area is 157 Å². The van der Waals surface area contributed by atoms with Crippen molar-refractivity contribution >= 4 is 75.4 Å². The quantitative estimate of drug-likeness (QED) is 0.470. The van der Waals surface area contributed by atoms with Gasteiger partial charge in [-0.3, -0.25) is 19.8 Å². The van der Waals surface area contributed by atoms with E-state index in [9.17, 15) is 9.59 Å². The number of rotatable bonds is 2. The second-order valence-corrected chi connectivity index (χ2v) is 7.47. The van der Waals surface area contributed by atoms with E-state index in [2.05, 4.69) is 5.32 Å². The molecule has 8 heteroatoms. The Morgan fingerprint density at radius 1 is 1.21 bits per heavy atom. The predicted octanol–water partition coefficient (Wildman–Crippen LogP) is 4.19. The Bertz CT molecular complexity index is 905. The molecule has 0 bridgehead atoms. The smallest absolute Gasteiger partial charge is 0.270 e. The molecule has 0 radical (unpaired) electrons. The highest BCUT2D eigenvalue weighted by Crippen LogP contribution is 2.34. The standard InChI is InChI=1S/C16H10Cl2N2O2S2/c1-8-5-6-9(24-8)7-10-14(21)19-16(23)20(15(10)22)12-4-2-3-11(17)13(12)18/h2-7H,1H3,(H,19,21,23)/b10-7+. The molecule has 0 aliphatic carbocycles. The second kappa shape index (κ2) is 6.64. The molecule has 1 fully saturated rings. The predicted molar refractivity (Wildman–Crippen MR) is 102 cm³/mol. The van der Waals surface area contributed by atoms with Gasteiger partial charge in [-0.2, -0.15) is 0 Å². The van der Waals surface area contributed by atoms with Crippen molar-refractivity contribution in [2.75, 3.05) is 4.90 Å². The van der Waals surface area contributed by atoms with Gasteiger partial charge in [-0.05, 0) is 49.5 Å². The number of carbonyl (C=O) groups excluding carboxylic acids is 2. The first-order valence-electron chi connectivity index (χ1n) is 6.80. The van der Waals surface area contributed by atoms with Crippen molar-refractivity contribution < 1.29 is 9.59 Å². The number of benzene rings is 1. The van der Waals surface area contributed by atoms with Gasteiger partial charge < -0.3 is 0 Å². The van der Waals surface area contributed by atoms with Crippen LogP contribution < -0.4 is 10.2 Å². The SMILES string of the molecule is Cc1ccc(/C=C2\C(=O)NC(=S)N(c3cccc(Cl)c3Cl)C2=O)s1. The summed E-state index contributed by atoms with van der Waals surface area (Å²) < 4.78 is 0. The van der Waals surface area contributed by atoms with Gasteiger partial charge >= 0.3 is 0 Å². The van der Waals surface area contributed by atoms with Crippen molar-refractivity contribution in [3.8, 4) is 0 Å². The lowest BCUT2D eigenvalue weighted by Gasteiger charge is -2.29. The monoisotopic (exact) mass is 396 g/mol. The summed E-state index contributed by atoms with van der Waals surface area (Å²) in [7, 11) is 0. The average Bonchev–Trinajstić information content (AvgIpc) is 2.93. The third-order valence-corrected chi connectivity index (χ3v) is 5.36. The van der Waals surface area contributed by atoms with Gasteiger partial charge in [-0.15, -0.1) is 11.3 Å². The summed E-state index contributed by atoms with van der Waals surface area (Å²) in [5.74, 6) is -1.08. The topological polar surface area (TPSA) is 49.4 Å². The van der Waals surface area contributed by atoms with Gasteiger partial charge in [0, 0.05) is 9.75 Å². The number of hydrogen-bond acceptors (Lipinski definition) is 4. The Morgan fingerprint density at radius 3 is 2.62 bits per heavy atom. The van der Waals surface area contributed by atoms with Gasteiger partial charge in [0.2, 0.25) is 0 Å². The van der Waals surface area contributed by atoms with E-state index in [1.54, 1.807) is 24.3 Å². The molecule has 3 rings (SSSR count). The van der Waals surface area contributed by atoms with Gasteiger partial charge in [0.1, 0.15) is 5.57 Å². The van der Waals surface area contributed by atoms with Crippen LogP contribution in [-0.4, -0.2) is 16.9 Å². The number of nitrogens with one attached hydrogen (secondary N) is 1. The van der Waals surface area contributed by atoms with Crippen LogP contribution in [0.3, 0.4) is 0 Å². The first kappa shape index (κ1) is 17.1. The molecule has 24 heavy (non-hydrogen) atoms. The molecule has 1 aromatic heterocycles. The van der Waals surface area contributed by atoms with E-state index in [4.69, 9.17) is 35.4 Å². The molecule has 1 aliphatic rings. The molecule has 2 aromatic rings. The van der Waals surface area contributed by atoms with Crippen molar-refractivity contribution in [2.24, 2.45) is 0 Å². The summed E-state index contributed by atoms with van der Waals surface area (Å²) >= 11 is 18.8. The molecule has 1 N–H and O–H groups in total. The molecule has 0 atom stereocenters. The van der Waals surface area contributed by atoms with Gasteiger partial charge in [0.05, 0.1) is 15.7 Å². The van der Waals surface area contributed by atoms with Crippen molar-refractivity contribution in [2.45, 2.75) is 6.92 Å². The Kier molecular flexibility index (Phi) is 4.73. The number of hydrogen-bond donors (Lipinski definition) is 1. The van der Waals surface area contributed by atoms with Gasteiger partial charge in [-0.25, -0.2) is 0 Å². The minimum atomic E-state index is -0.543. The number of amides is 2. The molecule has 4 nitrogen and oxygen atoms in total. The van der Waals surface area contributed by atoms with Crippen molar-refractivity contribution in [3.05, 3.63) is 55.7 Å². The molecule has 2 heterocycles. The van der Waals surface area contributed by atoms with E-state index in [0.717, 1.165) is 9.75 Å². The fourth-order valence-electron chi connectivity index (χ4n) is 2.21. The highest BCUT2D eigenvalue weighted by atomic mass is 35.5. The molecule has 2 amide bonds. The van der Waals surface area contributed by atoms with Crippen LogP contribution in [-0.2, 0) is 9.59 Å². The number of thiocarbonyl (C=S) groups is 1. The summed E-state index contributed by atoms with van der Waals surface area (Å²) in [6.07, 6.45) is 1.54. The Morgan fingerprint density at radius 2 is 1.96 bits per heavy atom. The van der Waals surface area contributed by atoms with Crippen LogP contribution in [0.15, 0.2) is 35.9 Å². The number of thiophene rings is 1. The molecular formula is C16H10Cl2N2O2S2. The highest BCUT2D eigenvalue weighted by molar-refractivity contribution is 7.80. The van der Waals surface area contributed by atoms with E-state index >= 15 is 0 Å². The van der Waals surface area contributed by atoms with Crippen LogP contribution >= 0.6 is 46.8 Å². The fraction of sp³-hybridized carbons (Fsp3) is 0.0625. The Balaban J connectivity index is 2.06. The van der Waals surface area contributed by atoms with E-state index < -0.39 is 11.8 Å². The molecule has 0 spiro atoms. The summed E-state index contributed by atoms with van der Waals surface area (Å²) in [6, 6.07) is 8.63. The first-order chi connectivity index (χ1) is 11.4. The van der Waals surface area contributed by atoms with Crippen LogP contribution in [0.2, 0.25) is 10.0 Å². The van der Waals surface area contributed by atoms with Crippen molar-refractivity contribution in [1.29, 1.82) is 0 Å². The summed E-state index contributed by atoms with van der Waals surface area (Å²) in [5.41, 5.74) is 0.314. The van der Waals surface area contributed by atoms with Crippen LogP contribution in [0.5, 0.6) is 0 Å². The van der Waals surface area contributed by atoms with Crippen molar-refractivity contribution in [1.82, 2.24) is 5.32 Å². The lowest BCUT2D eigenvalue weighted by molar-refractivity contribution is -0.122. The van der Waals surface area contributed by atoms with Gasteiger partial charge in [0.15, 0.2) is 5.11 Å². The lowest BCUT2D eigenvalue weighted by atomic mass is 10.1. The zero-order chi connectivity index (χ0) is 17.4. The van der Waals surface area contributed by atoms with Crippen molar-refractivity contribution in [3.63, 3.8) is 0 Å². The summed E-state index contributed by atoms with van der Waals surface area (Å²) in [4.78, 5) is 28.1. The number of halogens is 2. The van der Waals surface area contributed by atoms with E-state index in [0.29, 0.717) is 10.7 Å². The third kappa shape index (κ3) is 3.10. The van der Waals surface area contributed by atoms with E-state index in [-0.39, 0.29) is 15.7 Å². The van der Waals surface area contributed by atoms with Crippen LogP contribution in [0.25, 0.3) is 6.08 Å². The molecule has 1 aromatic carbocycles.